The van der Waals surface area contributed by atoms with Gasteiger partial charge in [-0.05, 0) is 35.4 Å². The summed E-state index contributed by atoms with van der Waals surface area (Å²) in [6, 6.07) is 15.9. The van der Waals surface area contributed by atoms with Crippen molar-refractivity contribution in [2.45, 2.75) is 20.0 Å². The summed E-state index contributed by atoms with van der Waals surface area (Å²) in [7, 11) is 0. The predicted molar refractivity (Wildman–Crippen MR) is 87.4 cm³/mol. The Hall–Kier alpha value is -2.13. The molecule has 0 radical (unpaired) electrons. The predicted octanol–water partition coefficient (Wildman–Crippen LogP) is 4.86. The highest BCUT2D eigenvalue weighted by Gasteiger charge is 2.08. The number of carbonyl (C=O) groups excluding carboxylic acids is 1. The Morgan fingerprint density at radius 2 is 1.86 bits per heavy atom. The second kappa shape index (κ2) is 6.10. The Balaban J connectivity index is 1.88. The molecule has 1 aromatic heterocycles. The molecule has 0 atom stereocenters. The summed E-state index contributed by atoms with van der Waals surface area (Å²) < 4.78 is 5.86. The van der Waals surface area contributed by atoms with E-state index in [9.17, 15) is 4.79 Å². The third kappa shape index (κ3) is 2.83. The van der Waals surface area contributed by atoms with Crippen LogP contribution in [0.1, 0.15) is 27.0 Å². The monoisotopic (exact) mass is 296 g/mol. The summed E-state index contributed by atoms with van der Waals surface area (Å²) in [4.78, 5) is 14.0. The minimum atomic E-state index is 0.504. The molecular formula is C18H16O2S. The summed E-state index contributed by atoms with van der Waals surface area (Å²) in [6.07, 6.45) is 1.92. The van der Waals surface area contributed by atoms with Gasteiger partial charge in [0.2, 0.25) is 0 Å². The van der Waals surface area contributed by atoms with Crippen molar-refractivity contribution in [3.05, 3.63) is 63.8 Å². The first kappa shape index (κ1) is 13.8. The van der Waals surface area contributed by atoms with E-state index >= 15 is 0 Å². The molecule has 21 heavy (non-hydrogen) atoms. The van der Waals surface area contributed by atoms with Gasteiger partial charge in [0.05, 0.1) is 5.56 Å². The number of aldehydes is 1. The quantitative estimate of drug-likeness (QED) is 0.629. The molecule has 0 fully saturated rings. The average molecular weight is 296 g/mol. The minimum Gasteiger partial charge on any atom is -0.487 e. The fraction of sp³-hybridized carbons (Fsp3) is 0.167. The molecule has 0 saturated heterocycles. The van der Waals surface area contributed by atoms with Crippen molar-refractivity contribution in [2.24, 2.45) is 0 Å². The second-order valence-corrected chi connectivity index (χ2v) is 6.08. The maximum absolute atomic E-state index is 11.4. The normalized spacial score (nSPS) is 10.7. The molecule has 0 N–H and O–H groups in total. The van der Waals surface area contributed by atoms with Gasteiger partial charge in [0.25, 0.3) is 0 Å². The first-order chi connectivity index (χ1) is 10.3. The van der Waals surface area contributed by atoms with Gasteiger partial charge in [-0.2, -0.15) is 0 Å². The molecule has 0 aliphatic carbocycles. The Bertz CT molecular complexity index is 774. The van der Waals surface area contributed by atoms with Gasteiger partial charge in [-0.15, -0.1) is 11.3 Å². The van der Waals surface area contributed by atoms with Gasteiger partial charge in [0.15, 0.2) is 6.29 Å². The van der Waals surface area contributed by atoms with Crippen LogP contribution in [-0.2, 0) is 13.0 Å². The summed E-state index contributed by atoms with van der Waals surface area (Å²) in [6.45, 7) is 2.65. The number of thiophene rings is 1. The maximum atomic E-state index is 11.4. The van der Waals surface area contributed by atoms with Gasteiger partial charge in [0.1, 0.15) is 12.4 Å². The first-order valence-corrected chi connectivity index (χ1v) is 7.80. The van der Waals surface area contributed by atoms with E-state index in [1.54, 1.807) is 11.3 Å². The van der Waals surface area contributed by atoms with E-state index in [2.05, 4.69) is 19.1 Å². The van der Waals surface area contributed by atoms with Crippen LogP contribution >= 0.6 is 11.3 Å². The number of aryl methyl sites for hydroxylation is 1. The molecule has 3 aromatic rings. The standard InChI is InChI=1S/C18H16O2S/c1-2-14-8-9-15(21-14)12-20-18-10-7-13-5-3-4-6-16(13)17(18)11-19/h3-11H,2,12H2,1H3. The molecule has 0 aliphatic heterocycles. The molecule has 106 valence electrons. The topological polar surface area (TPSA) is 26.3 Å². The number of carbonyl (C=O) groups is 1. The van der Waals surface area contributed by atoms with Crippen LogP contribution in [-0.4, -0.2) is 6.29 Å². The molecule has 3 rings (SSSR count). The Morgan fingerprint density at radius 1 is 1.05 bits per heavy atom. The van der Waals surface area contributed by atoms with E-state index < -0.39 is 0 Å². The second-order valence-electron chi connectivity index (χ2n) is 4.83. The Morgan fingerprint density at radius 3 is 2.62 bits per heavy atom. The van der Waals surface area contributed by atoms with Crippen LogP contribution in [0.4, 0.5) is 0 Å². The van der Waals surface area contributed by atoms with Gasteiger partial charge in [-0.3, -0.25) is 4.79 Å². The molecule has 1 heterocycles. The van der Waals surface area contributed by atoms with Crippen molar-refractivity contribution in [2.75, 3.05) is 0 Å². The van der Waals surface area contributed by atoms with Crippen LogP contribution in [0.3, 0.4) is 0 Å². The van der Waals surface area contributed by atoms with Crippen molar-refractivity contribution in [1.29, 1.82) is 0 Å². The molecule has 0 bridgehead atoms. The average Bonchev–Trinajstić information content (AvgIpc) is 3.00. The number of hydrogen-bond donors (Lipinski definition) is 0. The number of ether oxygens (including phenoxy) is 1. The van der Waals surface area contributed by atoms with Gasteiger partial charge in [0, 0.05) is 9.75 Å². The summed E-state index contributed by atoms with van der Waals surface area (Å²) in [5, 5.41) is 1.99. The van der Waals surface area contributed by atoms with Gasteiger partial charge < -0.3 is 4.74 Å². The van der Waals surface area contributed by atoms with Gasteiger partial charge >= 0.3 is 0 Å². The molecule has 2 aromatic carbocycles. The lowest BCUT2D eigenvalue weighted by molar-refractivity contribution is 0.112. The van der Waals surface area contributed by atoms with Crippen LogP contribution in [0.5, 0.6) is 5.75 Å². The molecule has 0 unspecified atom stereocenters. The first-order valence-electron chi connectivity index (χ1n) is 6.99. The molecule has 0 saturated carbocycles. The molecule has 0 aliphatic rings. The molecule has 2 nitrogen and oxygen atoms in total. The highest BCUT2D eigenvalue weighted by atomic mass is 32.1. The SMILES string of the molecule is CCc1ccc(COc2ccc3ccccc3c2C=O)s1. The van der Waals surface area contributed by atoms with Gasteiger partial charge in [-0.25, -0.2) is 0 Å². The van der Waals surface area contributed by atoms with Crippen LogP contribution in [0, 0.1) is 0 Å². The lowest BCUT2D eigenvalue weighted by atomic mass is 10.0. The molecular weight excluding hydrogens is 280 g/mol. The minimum absolute atomic E-state index is 0.504. The highest BCUT2D eigenvalue weighted by molar-refractivity contribution is 7.11. The van der Waals surface area contributed by atoms with Crippen molar-refractivity contribution >= 4 is 28.4 Å². The number of benzene rings is 2. The zero-order chi connectivity index (χ0) is 14.7. The van der Waals surface area contributed by atoms with Crippen LogP contribution < -0.4 is 4.74 Å². The van der Waals surface area contributed by atoms with Crippen LogP contribution in [0.15, 0.2) is 48.5 Å². The molecule has 0 spiro atoms. The highest BCUT2D eigenvalue weighted by Crippen LogP contribution is 2.28. The smallest absolute Gasteiger partial charge is 0.154 e. The zero-order valence-corrected chi connectivity index (χ0v) is 12.7. The van der Waals surface area contributed by atoms with Crippen molar-refractivity contribution in [1.82, 2.24) is 0 Å². The zero-order valence-electron chi connectivity index (χ0n) is 11.8. The largest absolute Gasteiger partial charge is 0.487 e. The number of fused-ring (bicyclic) bond motifs is 1. The third-order valence-corrected chi connectivity index (χ3v) is 4.69. The van der Waals surface area contributed by atoms with E-state index in [1.807, 2.05) is 36.4 Å². The Kier molecular flexibility index (Phi) is 4.02. The summed E-state index contributed by atoms with van der Waals surface area (Å²) in [5.41, 5.74) is 0.625. The van der Waals surface area contributed by atoms with E-state index in [4.69, 9.17) is 4.74 Å². The molecule has 0 amide bonds. The number of hydrogen-bond acceptors (Lipinski definition) is 3. The van der Waals surface area contributed by atoms with E-state index in [1.165, 1.54) is 9.75 Å². The van der Waals surface area contributed by atoms with Crippen LogP contribution in [0.25, 0.3) is 10.8 Å². The summed E-state index contributed by atoms with van der Waals surface area (Å²) in [5.74, 6) is 0.648. The van der Waals surface area contributed by atoms with Crippen molar-refractivity contribution < 1.29 is 9.53 Å². The van der Waals surface area contributed by atoms with Gasteiger partial charge in [-0.1, -0.05) is 37.3 Å². The summed E-state index contributed by atoms with van der Waals surface area (Å²) >= 11 is 1.76. The van der Waals surface area contributed by atoms with E-state index in [-0.39, 0.29) is 0 Å². The van der Waals surface area contributed by atoms with Crippen molar-refractivity contribution in [3.63, 3.8) is 0 Å². The fourth-order valence-electron chi connectivity index (χ4n) is 2.36. The fourth-order valence-corrected chi connectivity index (χ4v) is 3.23. The molecule has 3 heteroatoms. The van der Waals surface area contributed by atoms with E-state index in [0.717, 1.165) is 23.5 Å². The lowest BCUT2D eigenvalue weighted by Crippen LogP contribution is -1.97. The van der Waals surface area contributed by atoms with Crippen LogP contribution in [0.2, 0.25) is 0 Å². The Labute approximate surface area is 128 Å². The third-order valence-electron chi connectivity index (χ3n) is 3.48. The number of rotatable bonds is 5. The van der Waals surface area contributed by atoms with E-state index in [0.29, 0.717) is 17.9 Å². The maximum Gasteiger partial charge on any atom is 0.154 e. The van der Waals surface area contributed by atoms with Crippen molar-refractivity contribution in [3.8, 4) is 5.75 Å². The lowest BCUT2D eigenvalue weighted by Gasteiger charge is -2.10.